The number of aliphatic carboxylic acids is 2. The third-order valence-corrected chi connectivity index (χ3v) is 8.13. The second kappa shape index (κ2) is 24.8. The SMILES string of the molecule is CCCCCCCCCCCCC(C(=O)[O-])(C(C(=O)[O-])S(=O)(=O)O)C(OCC)(OCC)C(OCC)(OCC)OCC.[Na+].[Na+]. The number of unbranched alkanes of at least 4 members (excludes halogenated alkanes) is 9. The molecule has 1 N–H and O–H groups in total. The van der Waals surface area contributed by atoms with Crippen molar-refractivity contribution < 1.29 is 116 Å². The maximum atomic E-state index is 13.3. The van der Waals surface area contributed by atoms with E-state index in [1.165, 1.54) is 47.5 Å². The fraction of sp³-hybridized carbons (Fsp3) is 0.929. The van der Waals surface area contributed by atoms with Crippen LogP contribution < -0.4 is 69.3 Å². The second-order valence-corrected chi connectivity index (χ2v) is 11.2. The van der Waals surface area contributed by atoms with Crippen molar-refractivity contribution >= 4 is 22.1 Å². The fourth-order valence-electron chi connectivity index (χ4n) is 5.42. The van der Waals surface area contributed by atoms with Gasteiger partial charge in [0.15, 0.2) is 0 Å². The molecule has 0 aromatic heterocycles. The van der Waals surface area contributed by atoms with E-state index in [4.69, 9.17) is 23.7 Å². The van der Waals surface area contributed by atoms with Crippen molar-refractivity contribution in [3.8, 4) is 0 Å². The minimum absolute atomic E-state index is 0. The molecular formula is C28H52Na2O12S. The van der Waals surface area contributed by atoms with Crippen LogP contribution in [0.2, 0.25) is 0 Å². The van der Waals surface area contributed by atoms with Crippen molar-refractivity contribution in [2.45, 2.75) is 129 Å². The van der Waals surface area contributed by atoms with E-state index in [0.717, 1.165) is 32.1 Å². The Morgan fingerprint density at radius 3 is 1.28 bits per heavy atom. The molecule has 0 rings (SSSR count). The van der Waals surface area contributed by atoms with Gasteiger partial charge in [-0.1, -0.05) is 71.1 Å². The summed E-state index contributed by atoms with van der Waals surface area (Å²) >= 11 is 0. The molecule has 0 bridgehead atoms. The maximum Gasteiger partial charge on any atom is 1.00 e. The van der Waals surface area contributed by atoms with Crippen molar-refractivity contribution in [3.05, 3.63) is 0 Å². The summed E-state index contributed by atoms with van der Waals surface area (Å²) in [5.74, 6) is -10.0. The van der Waals surface area contributed by atoms with Crippen LogP contribution in [-0.2, 0) is 43.4 Å². The summed E-state index contributed by atoms with van der Waals surface area (Å²) in [5, 5.41) is 22.6. The van der Waals surface area contributed by atoms with Crippen molar-refractivity contribution in [2.24, 2.45) is 5.41 Å². The molecule has 15 heteroatoms. The third kappa shape index (κ3) is 13.0. The van der Waals surface area contributed by atoms with Crippen molar-refractivity contribution in [3.63, 3.8) is 0 Å². The van der Waals surface area contributed by atoms with Crippen LogP contribution in [0.25, 0.3) is 0 Å². The molecule has 2 atom stereocenters. The van der Waals surface area contributed by atoms with Gasteiger partial charge in [0.25, 0.3) is 15.9 Å². The van der Waals surface area contributed by atoms with Gasteiger partial charge in [-0.2, -0.15) is 8.42 Å². The summed E-state index contributed by atoms with van der Waals surface area (Å²) in [6.07, 6.45) is 8.00. The maximum absolute atomic E-state index is 13.3. The molecule has 0 saturated carbocycles. The molecule has 0 spiro atoms. The molecule has 2 unspecified atom stereocenters. The molecule has 0 amide bonds. The van der Waals surface area contributed by atoms with Crippen LogP contribution in [0.1, 0.15) is 112 Å². The summed E-state index contributed by atoms with van der Waals surface area (Å²) < 4.78 is 64.7. The molecule has 0 aromatic carbocycles. The minimum atomic E-state index is -5.66. The second-order valence-electron chi connectivity index (χ2n) is 9.74. The Kier molecular flexibility index (Phi) is 27.7. The summed E-state index contributed by atoms with van der Waals surface area (Å²) in [4.78, 5) is 25.7. The number of carboxylic acids is 2. The van der Waals surface area contributed by atoms with Gasteiger partial charge in [-0.25, -0.2) is 0 Å². The van der Waals surface area contributed by atoms with Crippen LogP contribution in [0, 0.1) is 5.41 Å². The first-order valence-corrected chi connectivity index (χ1v) is 16.5. The number of carbonyl (C=O) groups excluding carboxylic acids is 2. The first-order chi connectivity index (χ1) is 19.4. The predicted molar refractivity (Wildman–Crippen MR) is 148 cm³/mol. The van der Waals surface area contributed by atoms with Gasteiger partial charge >= 0.3 is 65.1 Å². The number of hydrogen-bond acceptors (Lipinski definition) is 11. The monoisotopic (exact) mass is 658 g/mol. The van der Waals surface area contributed by atoms with Crippen LogP contribution in [0.15, 0.2) is 0 Å². The molecule has 0 aliphatic rings. The summed E-state index contributed by atoms with van der Waals surface area (Å²) in [5.41, 5.74) is -3.15. The van der Waals surface area contributed by atoms with Crippen molar-refractivity contribution in [2.75, 3.05) is 33.0 Å². The largest absolute Gasteiger partial charge is 1.00 e. The van der Waals surface area contributed by atoms with Gasteiger partial charge in [0.05, 0.1) is 17.4 Å². The molecule has 0 saturated heterocycles. The number of carbonyl (C=O) groups is 2. The average molecular weight is 659 g/mol. The van der Waals surface area contributed by atoms with E-state index in [1.54, 1.807) is 0 Å². The van der Waals surface area contributed by atoms with Crippen LogP contribution in [0.4, 0.5) is 0 Å². The molecule has 0 heterocycles. The normalized spacial score (nSPS) is 14.3. The van der Waals surface area contributed by atoms with E-state index >= 15 is 0 Å². The molecule has 0 aliphatic carbocycles. The Morgan fingerprint density at radius 1 is 0.651 bits per heavy atom. The van der Waals surface area contributed by atoms with Crippen molar-refractivity contribution in [1.82, 2.24) is 0 Å². The first-order valence-electron chi connectivity index (χ1n) is 15.0. The third-order valence-electron chi connectivity index (χ3n) is 6.94. The van der Waals surface area contributed by atoms with Gasteiger partial charge in [-0.05, 0) is 41.0 Å². The van der Waals surface area contributed by atoms with E-state index in [-0.39, 0.29) is 98.6 Å². The molecule has 12 nitrogen and oxygen atoms in total. The fourth-order valence-corrected chi connectivity index (χ4v) is 6.54. The molecule has 43 heavy (non-hydrogen) atoms. The molecule has 0 fully saturated rings. The van der Waals surface area contributed by atoms with Gasteiger partial charge in [-0.3, -0.25) is 4.55 Å². The summed E-state index contributed by atoms with van der Waals surface area (Å²) in [7, 11) is -5.66. The summed E-state index contributed by atoms with van der Waals surface area (Å²) in [6, 6.07) is 0. The standard InChI is InChI=1S/C28H54O12S.2Na/c1-7-13-14-15-16-17-18-19-20-21-22-26(25(31)32,23(24(29)30)41(33,34)35)27(36-8-2,37-9-3)28(38-10-4,39-11-5)40-12-6;;/h23H,7-22H2,1-6H3,(H,29,30)(H,31,32)(H,33,34,35);;/q;2*+1/p-2. The number of hydrogen-bond donors (Lipinski definition) is 1. The van der Waals surface area contributed by atoms with E-state index in [1.807, 2.05) is 0 Å². The van der Waals surface area contributed by atoms with E-state index < -0.39 is 50.9 Å². The predicted octanol–water partition coefficient (Wildman–Crippen LogP) is -3.42. The van der Waals surface area contributed by atoms with Crippen LogP contribution in [0.3, 0.4) is 0 Å². The molecule has 0 radical (unpaired) electrons. The molecule has 0 aliphatic heterocycles. The van der Waals surface area contributed by atoms with E-state index in [0.29, 0.717) is 12.8 Å². The quantitative estimate of drug-likeness (QED) is 0.0400. The number of ether oxygens (including phenoxy) is 5. The van der Waals surface area contributed by atoms with Gasteiger partial charge in [0.2, 0.25) is 0 Å². The van der Waals surface area contributed by atoms with Crippen molar-refractivity contribution in [1.29, 1.82) is 0 Å². The smallest absolute Gasteiger partial charge is 0.549 e. The van der Waals surface area contributed by atoms with Crippen LogP contribution in [0.5, 0.6) is 0 Å². The Morgan fingerprint density at radius 2 is 1.00 bits per heavy atom. The zero-order valence-electron chi connectivity index (χ0n) is 27.7. The Bertz CT molecular complexity index is 836. The zero-order chi connectivity index (χ0) is 31.6. The van der Waals surface area contributed by atoms with E-state index in [2.05, 4.69) is 6.92 Å². The van der Waals surface area contributed by atoms with Gasteiger partial charge in [0, 0.05) is 33.0 Å². The van der Waals surface area contributed by atoms with Gasteiger partial charge in [-0.15, -0.1) is 0 Å². The summed E-state index contributed by atoms with van der Waals surface area (Å²) in [6.45, 7) is 8.58. The van der Waals surface area contributed by atoms with Gasteiger partial charge in [0.1, 0.15) is 5.25 Å². The minimum Gasteiger partial charge on any atom is -0.549 e. The molecule has 0 aromatic rings. The van der Waals surface area contributed by atoms with Crippen LogP contribution >= 0.6 is 0 Å². The molecular weight excluding hydrogens is 606 g/mol. The zero-order valence-corrected chi connectivity index (χ0v) is 32.6. The van der Waals surface area contributed by atoms with E-state index in [9.17, 15) is 32.8 Å². The topological polar surface area (TPSA) is 181 Å². The number of carboxylic acid groups (broad SMARTS) is 2. The first kappa shape index (κ1) is 48.1. The Hall–Kier alpha value is 0.650. The average Bonchev–Trinajstić information content (AvgIpc) is 2.88. The van der Waals surface area contributed by atoms with Gasteiger partial charge < -0.3 is 43.5 Å². The number of rotatable bonds is 27. The molecule has 244 valence electrons. The Labute approximate surface area is 303 Å². The van der Waals surface area contributed by atoms with Crippen LogP contribution in [-0.4, -0.2) is 75.0 Å². The Balaban J connectivity index is -0.00000800.